The van der Waals surface area contributed by atoms with Gasteiger partial charge in [-0.25, -0.2) is 4.98 Å². The van der Waals surface area contributed by atoms with Crippen molar-refractivity contribution in [3.63, 3.8) is 0 Å². The van der Waals surface area contributed by atoms with Gasteiger partial charge in [0.2, 0.25) is 5.88 Å². The number of hydrogen-bond donors (Lipinski definition) is 0. The topological polar surface area (TPSA) is 120 Å². The molecule has 0 aliphatic carbocycles. The monoisotopic (exact) mass is 560 g/mol. The number of imidazole rings is 1. The molecule has 1 aliphatic heterocycles. The van der Waals surface area contributed by atoms with E-state index in [4.69, 9.17) is 18.9 Å². The van der Waals surface area contributed by atoms with Crippen molar-refractivity contribution in [2.24, 2.45) is 0 Å². The number of halogens is 3. The second kappa shape index (κ2) is 11.6. The van der Waals surface area contributed by atoms with Gasteiger partial charge >= 0.3 is 18.2 Å². The largest absolute Gasteiger partial charge is 0.573 e. The first-order chi connectivity index (χ1) is 19.2. The van der Waals surface area contributed by atoms with Crippen LogP contribution in [-0.4, -0.2) is 51.7 Å². The molecule has 11 nitrogen and oxygen atoms in total. The van der Waals surface area contributed by atoms with Crippen LogP contribution in [0.3, 0.4) is 0 Å². The fourth-order valence-corrected chi connectivity index (χ4v) is 3.94. The van der Waals surface area contributed by atoms with Crippen LogP contribution in [0.2, 0.25) is 0 Å². The number of pyridine rings is 1. The van der Waals surface area contributed by atoms with Crippen molar-refractivity contribution in [1.29, 1.82) is 0 Å². The lowest BCUT2D eigenvalue weighted by Gasteiger charge is -2.22. The van der Waals surface area contributed by atoms with Gasteiger partial charge in [-0.2, -0.15) is 0 Å². The first-order valence-electron chi connectivity index (χ1n) is 12.2. The van der Waals surface area contributed by atoms with Gasteiger partial charge in [-0.1, -0.05) is 0 Å². The van der Waals surface area contributed by atoms with Crippen molar-refractivity contribution < 1.29 is 41.8 Å². The second-order valence-electron chi connectivity index (χ2n) is 8.75. The van der Waals surface area contributed by atoms with E-state index in [0.29, 0.717) is 55.5 Å². The SMILES string of the molecule is O=[N+]([O-])c1cn2c(n1)OC(COc1ccc3nc(OCCCOc4ccc(OC(F)(F)F)cc4)ccc3c1)CC2. The van der Waals surface area contributed by atoms with Gasteiger partial charge in [0.05, 0.1) is 18.7 Å². The number of nitrogens with zero attached hydrogens (tertiary/aromatic N) is 4. The maximum Gasteiger partial charge on any atom is 0.573 e. The lowest BCUT2D eigenvalue weighted by Crippen LogP contribution is -2.31. The smallest absolute Gasteiger partial charge is 0.493 e. The van der Waals surface area contributed by atoms with Crippen LogP contribution in [0.5, 0.6) is 29.1 Å². The molecule has 40 heavy (non-hydrogen) atoms. The molecule has 3 heterocycles. The maximum absolute atomic E-state index is 12.2. The molecule has 14 heteroatoms. The van der Waals surface area contributed by atoms with E-state index >= 15 is 0 Å². The Hall–Kier alpha value is -4.75. The summed E-state index contributed by atoms with van der Waals surface area (Å²) in [6.45, 7) is 1.44. The molecule has 0 radical (unpaired) electrons. The van der Waals surface area contributed by atoms with Crippen LogP contribution < -0.4 is 23.7 Å². The lowest BCUT2D eigenvalue weighted by atomic mass is 10.2. The van der Waals surface area contributed by atoms with Gasteiger partial charge in [-0.05, 0) is 53.5 Å². The molecular formula is C26H23F3N4O7. The minimum Gasteiger partial charge on any atom is -0.493 e. The van der Waals surface area contributed by atoms with E-state index in [-0.39, 0.29) is 30.3 Å². The van der Waals surface area contributed by atoms with E-state index in [1.807, 2.05) is 18.2 Å². The lowest BCUT2D eigenvalue weighted by molar-refractivity contribution is -0.389. The quantitative estimate of drug-likeness (QED) is 0.136. The molecule has 0 amide bonds. The Bertz CT molecular complexity index is 1480. The van der Waals surface area contributed by atoms with E-state index in [1.54, 1.807) is 16.7 Å². The number of ether oxygens (including phenoxy) is 5. The molecular weight excluding hydrogens is 537 g/mol. The highest BCUT2D eigenvalue weighted by molar-refractivity contribution is 5.80. The molecule has 0 saturated heterocycles. The zero-order valence-corrected chi connectivity index (χ0v) is 20.9. The Balaban J connectivity index is 1.05. The Labute approximate surface area is 225 Å². The predicted molar refractivity (Wildman–Crippen MR) is 134 cm³/mol. The zero-order chi connectivity index (χ0) is 28.1. The molecule has 0 bridgehead atoms. The Morgan fingerprint density at radius 1 is 0.975 bits per heavy atom. The standard InChI is InChI=1S/C26H23F3N4O7/c27-26(28,29)40-19-5-3-18(4-6-19)36-12-1-13-37-24-9-2-17-14-20(7-8-22(17)30-24)38-16-21-10-11-32-15-23(33(34)35)31-25(32)39-21/h2-9,14-15,21H,1,10-13,16H2. The number of nitro groups is 1. The fourth-order valence-electron chi connectivity index (χ4n) is 3.94. The summed E-state index contributed by atoms with van der Waals surface area (Å²) < 4.78 is 64.9. The van der Waals surface area contributed by atoms with E-state index in [2.05, 4.69) is 14.7 Å². The summed E-state index contributed by atoms with van der Waals surface area (Å²) >= 11 is 0. The molecule has 1 unspecified atom stereocenters. The number of fused-ring (bicyclic) bond motifs is 2. The summed E-state index contributed by atoms with van der Waals surface area (Å²) in [6, 6.07) is 14.4. The van der Waals surface area contributed by atoms with Crippen molar-refractivity contribution in [3.8, 4) is 29.1 Å². The number of aromatic nitrogens is 3. The number of hydrogen-bond acceptors (Lipinski definition) is 9. The van der Waals surface area contributed by atoms with Gasteiger partial charge in [0.1, 0.15) is 36.2 Å². The van der Waals surface area contributed by atoms with Gasteiger partial charge in [0, 0.05) is 35.8 Å². The van der Waals surface area contributed by atoms with Crippen molar-refractivity contribution >= 4 is 16.7 Å². The van der Waals surface area contributed by atoms with Crippen molar-refractivity contribution in [2.45, 2.75) is 31.9 Å². The van der Waals surface area contributed by atoms with Gasteiger partial charge in [0.15, 0.2) is 0 Å². The van der Waals surface area contributed by atoms with Crippen LogP contribution in [0.1, 0.15) is 12.8 Å². The molecule has 4 aromatic rings. The predicted octanol–water partition coefficient (Wildman–Crippen LogP) is 5.32. The molecule has 0 N–H and O–H groups in total. The van der Waals surface area contributed by atoms with E-state index in [9.17, 15) is 23.3 Å². The van der Waals surface area contributed by atoms with Crippen LogP contribution in [-0.2, 0) is 6.54 Å². The highest BCUT2D eigenvalue weighted by Crippen LogP contribution is 2.27. The summed E-state index contributed by atoms with van der Waals surface area (Å²) in [5.74, 6) is 0.923. The number of aryl methyl sites for hydroxylation is 1. The molecule has 2 aromatic carbocycles. The van der Waals surface area contributed by atoms with Crippen LogP contribution in [0, 0.1) is 10.1 Å². The number of rotatable bonds is 11. The molecule has 2 aromatic heterocycles. The Kier molecular flexibility index (Phi) is 7.75. The minimum atomic E-state index is -4.74. The van der Waals surface area contributed by atoms with Gasteiger partial charge in [0.25, 0.3) is 0 Å². The summed E-state index contributed by atoms with van der Waals surface area (Å²) in [5, 5.41) is 11.8. The zero-order valence-electron chi connectivity index (χ0n) is 20.9. The molecule has 5 rings (SSSR count). The summed E-state index contributed by atoms with van der Waals surface area (Å²) in [7, 11) is 0. The fraction of sp³-hybridized carbons (Fsp3) is 0.308. The molecule has 1 aliphatic rings. The van der Waals surface area contributed by atoms with E-state index in [1.165, 1.54) is 30.5 Å². The number of alkyl halides is 3. The third-order valence-electron chi connectivity index (χ3n) is 5.81. The van der Waals surface area contributed by atoms with Crippen LogP contribution >= 0.6 is 0 Å². The summed E-state index contributed by atoms with van der Waals surface area (Å²) in [5.41, 5.74) is 0.713. The molecule has 1 atom stereocenters. The van der Waals surface area contributed by atoms with Crippen LogP contribution in [0.15, 0.2) is 60.8 Å². The molecule has 0 fully saturated rings. The first kappa shape index (κ1) is 26.8. The van der Waals surface area contributed by atoms with Crippen LogP contribution in [0.4, 0.5) is 19.0 Å². The molecule has 0 saturated carbocycles. The Morgan fingerprint density at radius 2 is 1.73 bits per heavy atom. The van der Waals surface area contributed by atoms with Gasteiger partial charge in [-0.15, -0.1) is 13.2 Å². The van der Waals surface area contributed by atoms with Crippen LogP contribution in [0.25, 0.3) is 10.9 Å². The molecule has 210 valence electrons. The minimum absolute atomic E-state index is 0.210. The highest BCUT2D eigenvalue weighted by Gasteiger charge is 2.31. The average molecular weight is 560 g/mol. The second-order valence-corrected chi connectivity index (χ2v) is 8.75. The van der Waals surface area contributed by atoms with E-state index in [0.717, 1.165) is 5.39 Å². The average Bonchev–Trinajstić information content (AvgIpc) is 3.36. The summed E-state index contributed by atoms with van der Waals surface area (Å²) in [6.07, 6.45) is -2.50. The highest BCUT2D eigenvalue weighted by atomic mass is 19.4. The third-order valence-corrected chi connectivity index (χ3v) is 5.81. The van der Waals surface area contributed by atoms with Gasteiger partial charge in [-0.3, -0.25) is 4.57 Å². The van der Waals surface area contributed by atoms with Crippen molar-refractivity contribution in [1.82, 2.24) is 14.5 Å². The van der Waals surface area contributed by atoms with Gasteiger partial charge < -0.3 is 33.8 Å². The van der Waals surface area contributed by atoms with Crippen molar-refractivity contribution in [3.05, 3.63) is 70.9 Å². The maximum atomic E-state index is 12.2. The first-order valence-corrected chi connectivity index (χ1v) is 12.2. The normalized spacial score (nSPS) is 14.7. The Morgan fingerprint density at radius 3 is 2.50 bits per heavy atom. The summed E-state index contributed by atoms with van der Waals surface area (Å²) in [4.78, 5) is 18.7. The third kappa shape index (κ3) is 7.01. The van der Waals surface area contributed by atoms with E-state index < -0.39 is 11.3 Å². The van der Waals surface area contributed by atoms with Crippen molar-refractivity contribution in [2.75, 3.05) is 19.8 Å². The molecule has 0 spiro atoms. The number of benzene rings is 2.